The highest BCUT2D eigenvalue weighted by molar-refractivity contribution is 5.83. The van der Waals surface area contributed by atoms with Crippen LogP contribution in [0.5, 0.6) is 0 Å². The molecule has 1 saturated carbocycles. The fourth-order valence-corrected chi connectivity index (χ4v) is 3.88. The van der Waals surface area contributed by atoms with Gasteiger partial charge in [-0.2, -0.15) is 0 Å². The number of hydrogen-bond acceptors (Lipinski definition) is 2. The van der Waals surface area contributed by atoms with E-state index in [0.717, 1.165) is 32.4 Å². The van der Waals surface area contributed by atoms with Crippen LogP contribution in [-0.4, -0.2) is 35.0 Å². The van der Waals surface area contributed by atoms with Gasteiger partial charge in [0.2, 0.25) is 5.91 Å². The highest BCUT2D eigenvalue weighted by atomic mass is 16.4. The van der Waals surface area contributed by atoms with Gasteiger partial charge in [0.1, 0.15) is 0 Å². The molecule has 124 valence electrons. The van der Waals surface area contributed by atoms with E-state index in [4.69, 9.17) is 5.11 Å². The molecule has 2 aliphatic rings. The Morgan fingerprint density at radius 1 is 1.30 bits per heavy atom. The minimum atomic E-state index is -0.741. The smallest absolute Gasteiger partial charge is 0.303 e. The van der Waals surface area contributed by atoms with E-state index in [1.165, 1.54) is 11.1 Å². The van der Waals surface area contributed by atoms with Gasteiger partial charge >= 0.3 is 5.97 Å². The zero-order valence-corrected chi connectivity index (χ0v) is 13.7. The van der Waals surface area contributed by atoms with Gasteiger partial charge in [-0.05, 0) is 55.6 Å². The summed E-state index contributed by atoms with van der Waals surface area (Å²) in [5.41, 5.74) is 2.58. The molecular formula is C19H25NO3. The number of likely N-dealkylation sites (tertiary alicyclic amines) is 1. The Hall–Kier alpha value is -1.84. The Labute approximate surface area is 137 Å². The number of carboxylic acids is 1. The summed E-state index contributed by atoms with van der Waals surface area (Å²) in [4.78, 5) is 25.5. The second-order valence-corrected chi connectivity index (χ2v) is 7.03. The van der Waals surface area contributed by atoms with Crippen LogP contribution in [0.3, 0.4) is 0 Å². The second kappa shape index (κ2) is 6.73. The van der Waals surface area contributed by atoms with Crippen LogP contribution in [0, 0.1) is 18.8 Å². The lowest BCUT2D eigenvalue weighted by Crippen LogP contribution is -2.41. The molecule has 4 nitrogen and oxygen atoms in total. The quantitative estimate of drug-likeness (QED) is 0.908. The Morgan fingerprint density at radius 3 is 2.83 bits per heavy atom. The molecule has 3 atom stereocenters. The van der Waals surface area contributed by atoms with Crippen molar-refractivity contribution in [2.24, 2.45) is 11.8 Å². The van der Waals surface area contributed by atoms with Crippen LogP contribution in [0.2, 0.25) is 0 Å². The Kier molecular flexibility index (Phi) is 4.69. The average Bonchev–Trinajstić information content (AvgIpc) is 3.33. The summed E-state index contributed by atoms with van der Waals surface area (Å²) in [5.74, 6) is 0.394. The zero-order chi connectivity index (χ0) is 16.4. The number of carboxylic acid groups (broad SMARTS) is 1. The van der Waals surface area contributed by atoms with Gasteiger partial charge in [-0.3, -0.25) is 9.59 Å². The van der Waals surface area contributed by atoms with E-state index < -0.39 is 5.97 Å². The summed E-state index contributed by atoms with van der Waals surface area (Å²) in [6.45, 7) is 3.68. The second-order valence-electron chi connectivity index (χ2n) is 7.03. The summed E-state index contributed by atoms with van der Waals surface area (Å²) >= 11 is 0. The van der Waals surface area contributed by atoms with Crippen LogP contribution < -0.4 is 0 Å². The molecular weight excluding hydrogens is 290 g/mol. The largest absolute Gasteiger partial charge is 0.481 e. The van der Waals surface area contributed by atoms with Crippen molar-refractivity contribution in [3.8, 4) is 0 Å². The summed E-state index contributed by atoms with van der Waals surface area (Å²) in [6, 6.07) is 8.33. The third-order valence-electron chi connectivity index (χ3n) is 5.29. The van der Waals surface area contributed by atoms with Crippen LogP contribution in [0.25, 0.3) is 0 Å². The number of aliphatic carboxylic acids is 1. The van der Waals surface area contributed by atoms with Crippen molar-refractivity contribution in [3.63, 3.8) is 0 Å². The van der Waals surface area contributed by atoms with E-state index in [1.54, 1.807) is 0 Å². The minimum absolute atomic E-state index is 0.134. The Bertz CT molecular complexity index is 598. The van der Waals surface area contributed by atoms with Gasteiger partial charge in [-0.1, -0.05) is 24.3 Å². The summed E-state index contributed by atoms with van der Waals surface area (Å²) < 4.78 is 0. The van der Waals surface area contributed by atoms with Crippen molar-refractivity contribution in [1.29, 1.82) is 0 Å². The minimum Gasteiger partial charge on any atom is -0.481 e. The molecule has 1 aromatic carbocycles. The van der Waals surface area contributed by atoms with E-state index in [2.05, 4.69) is 19.1 Å². The number of carbonyl (C=O) groups excluding carboxylic acids is 1. The number of piperidine rings is 1. The van der Waals surface area contributed by atoms with Crippen molar-refractivity contribution < 1.29 is 14.7 Å². The molecule has 1 aliphatic carbocycles. The van der Waals surface area contributed by atoms with Crippen LogP contribution >= 0.6 is 0 Å². The summed E-state index contributed by atoms with van der Waals surface area (Å²) in [5, 5.41) is 8.82. The predicted octanol–water partition coefficient (Wildman–Crippen LogP) is 3.20. The normalized spacial score (nSPS) is 26.8. The topological polar surface area (TPSA) is 57.6 Å². The van der Waals surface area contributed by atoms with E-state index in [-0.39, 0.29) is 18.2 Å². The molecule has 0 bridgehead atoms. The lowest BCUT2D eigenvalue weighted by Gasteiger charge is -2.33. The first-order chi connectivity index (χ1) is 11.1. The molecule has 0 spiro atoms. The molecule has 1 N–H and O–H groups in total. The molecule has 1 heterocycles. The SMILES string of the molecule is Cc1ccccc1[C@@H]1C[C@H]1C(=O)N1CCC[C@@H](CCC(=O)O)C1. The third-order valence-corrected chi connectivity index (χ3v) is 5.29. The van der Waals surface area contributed by atoms with Gasteiger partial charge in [-0.15, -0.1) is 0 Å². The molecule has 4 heteroatoms. The molecule has 1 aromatic rings. The van der Waals surface area contributed by atoms with Crippen LogP contribution in [0.4, 0.5) is 0 Å². The monoisotopic (exact) mass is 315 g/mol. The van der Waals surface area contributed by atoms with Gasteiger partial charge < -0.3 is 10.0 Å². The highest BCUT2D eigenvalue weighted by Gasteiger charge is 2.46. The fourth-order valence-electron chi connectivity index (χ4n) is 3.88. The van der Waals surface area contributed by atoms with Gasteiger partial charge in [-0.25, -0.2) is 0 Å². The average molecular weight is 315 g/mol. The molecule has 0 aromatic heterocycles. The predicted molar refractivity (Wildman–Crippen MR) is 88.2 cm³/mol. The number of hydrogen-bond donors (Lipinski definition) is 1. The maximum Gasteiger partial charge on any atom is 0.303 e. The van der Waals surface area contributed by atoms with Crippen LogP contribution in [0.1, 0.15) is 49.1 Å². The van der Waals surface area contributed by atoms with Crippen molar-refractivity contribution in [2.75, 3.05) is 13.1 Å². The van der Waals surface area contributed by atoms with Crippen molar-refractivity contribution in [1.82, 2.24) is 4.90 Å². The number of carbonyl (C=O) groups is 2. The van der Waals surface area contributed by atoms with E-state index in [1.807, 2.05) is 17.0 Å². The van der Waals surface area contributed by atoms with Gasteiger partial charge in [0.05, 0.1) is 0 Å². The first-order valence-corrected chi connectivity index (χ1v) is 8.62. The molecule has 1 amide bonds. The third kappa shape index (κ3) is 3.74. The first-order valence-electron chi connectivity index (χ1n) is 8.62. The summed E-state index contributed by atoms with van der Waals surface area (Å²) in [6.07, 6.45) is 3.90. The van der Waals surface area contributed by atoms with Gasteiger partial charge in [0.25, 0.3) is 0 Å². The molecule has 1 saturated heterocycles. The summed E-state index contributed by atoms with van der Waals surface area (Å²) in [7, 11) is 0. The molecule has 0 radical (unpaired) electrons. The highest BCUT2D eigenvalue weighted by Crippen LogP contribution is 2.49. The lowest BCUT2D eigenvalue weighted by molar-refractivity contribution is -0.137. The van der Waals surface area contributed by atoms with Crippen molar-refractivity contribution in [2.45, 2.75) is 44.9 Å². The molecule has 23 heavy (non-hydrogen) atoms. The van der Waals surface area contributed by atoms with Crippen molar-refractivity contribution >= 4 is 11.9 Å². The van der Waals surface area contributed by atoms with E-state index in [0.29, 0.717) is 18.3 Å². The number of rotatable bonds is 5. The molecule has 0 unspecified atom stereocenters. The maximum atomic E-state index is 12.7. The lowest BCUT2D eigenvalue weighted by atomic mass is 9.93. The van der Waals surface area contributed by atoms with Crippen LogP contribution in [-0.2, 0) is 9.59 Å². The van der Waals surface area contributed by atoms with E-state index in [9.17, 15) is 9.59 Å². The first kappa shape index (κ1) is 16.0. The van der Waals surface area contributed by atoms with Gasteiger partial charge in [0.15, 0.2) is 0 Å². The Morgan fingerprint density at radius 2 is 2.09 bits per heavy atom. The number of nitrogens with zero attached hydrogens (tertiary/aromatic N) is 1. The Balaban J connectivity index is 1.57. The van der Waals surface area contributed by atoms with Gasteiger partial charge in [0, 0.05) is 25.4 Å². The fraction of sp³-hybridized carbons (Fsp3) is 0.579. The zero-order valence-electron chi connectivity index (χ0n) is 13.7. The maximum absolute atomic E-state index is 12.7. The molecule has 2 fully saturated rings. The van der Waals surface area contributed by atoms with Crippen LogP contribution in [0.15, 0.2) is 24.3 Å². The molecule has 3 rings (SSSR count). The van der Waals surface area contributed by atoms with Crippen molar-refractivity contribution in [3.05, 3.63) is 35.4 Å². The standard InChI is InChI=1S/C19H25NO3/c1-13-5-2-3-7-15(13)16-11-17(16)19(23)20-10-4-6-14(12-20)8-9-18(21)22/h2-3,5,7,14,16-17H,4,6,8-12H2,1H3,(H,21,22)/t14-,16-,17+/m0/s1. The number of amides is 1. The van der Waals surface area contributed by atoms with E-state index >= 15 is 0 Å². The molecule has 1 aliphatic heterocycles. The number of benzene rings is 1. The number of aryl methyl sites for hydroxylation is 1.